The summed E-state index contributed by atoms with van der Waals surface area (Å²) in [5.41, 5.74) is 0. The maximum Gasteiger partial charge on any atom is 0.233 e. The summed E-state index contributed by atoms with van der Waals surface area (Å²) in [6, 6.07) is 0.578. The average molecular weight is 328 g/mol. The zero-order valence-electron chi connectivity index (χ0n) is 12.2. The molecule has 2 fully saturated rings. The Hall–Kier alpha value is -0.860. The third kappa shape index (κ3) is 4.31. The van der Waals surface area contributed by atoms with Gasteiger partial charge < -0.3 is 15.0 Å². The molecule has 2 aliphatic rings. The number of aromatic nitrogens is 2. The van der Waals surface area contributed by atoms with Crippen molar-refractivity contribution in [1.29, 1.82) is 0 Å². The summed E-state index contributed by atoms with van der Waals surface area (Å²) in [5, 5.41) is 12.4. The van der Waals surface area contributed by atoms with E-state index in [4.69, 9.17) is 4.74 Å². The van der Waals surface area contributed by atoms with Gasteiger partial charge in [0.15, 0.2) is 4.34 Å². The fraction of sp³-hybridized carbons (Fsp3) is 0.769. The minimum atomic E-state index is 0.110. The second-order valence-corrected chi connectivity index (χ2v) is 7.84. The smallest absolute Gasteiger partial charge is 0.233 e. The lowest BCUT2D eigenvalue weighted by Gasteiger charge is -2.35. The van der Waals surface area contributed by atoms with E-state index in [9.17, 15) is 4.79 Å². The lowest BCUT2D eigenvalue weighted by atomic mass is 10.2. The Balaban J connectivity index is 1.47. The van der Waals surface area contributed by atoms with Crippen molar-refractivity contribution in [1.82, 2.24) is 15.1 Å². The molecule has 1 saturated heterocycles. The van der Waals surface area contributed by atoms with E-state index in [0.717, 1.165) is 9.47 Å². The normalized spacial score (nSPS) is 25.9. The minimum absolute atomic E-state index is 0.110. The van der Waals surface area contributed by atoms with Crippen LogP contribution in [0, 0.1) is 0 Å². The van der Waals surface area contributed by atoms with Crippen LogP contribution < -0.4 is 5.32 Å². The van der Waals surface area contributed by atoms with Crippen molar-refractivity contribution in [3.63, 3.8) is 0 Å². The molecule has 1 aromatic heterocycles. The highest BCUT2D eigenvalue weighted by Gasteiger charge is 2.26. The van der Waals surface area contributed by atoms with E-state index < -0.39 is 0 Å². The monoisotopic (exact) mass is 328 g/mol. The van der Waals surface area contributed by atoms with E-state index in [0.29, 0.717) is 24.9 Å². The quantitative estimate of drug-likeness (QED) is 0.832. The van der Waals surface area contributed by atoms with Gasteiger partial charge in [-0.2, -0.15) is 0 Å². The van der Waals surface area contributed by atoms with E-state index in [-0.39, 0.29) is 18.1 Å². The molecular formula is C13H20N4O2S2. The first-order valence-electron chi connectivity index (χ1n) is 7.26. The first-order valence-corrected chi connectivity index (χ1v) is 9.06. The van der Waals surface area contributed by atoms with Crippen LogP contribution in [0.4, 0.5) is 5.13 Å². The molecule has 116 valence electrons. The van der Waals surface area contributed by atoms with Crippen LogP contribution in [0.2, 0.25) is 0 Å². The third-order valence-electron chi connectivity index (χ3n) is 3.40. The van der Waals surface area contributed by atoms with Crippen LogP contribution in [0.3, 0.4) is 0 Å². The Morgan fingerprint density at radius 1 is 1.38 bits per heavy atom. The molecule has 1 amide bonds. The molecule has 1 aliphatic carbocycles. The molecule has 3 rings (SSSR count). The molecule has 1 aliphatic heterocycles. The Bertz CT molecular complexity index is 496. The number of ether oxygens (including phenoxy) is 1. The maximum atomic E-state index is 12.2. The van der Waals surface area contributed by atoms with Gasteiger partial charge in [-0.05, 0) is 26.7 Å². The molecule has 21 heavy (non-hydrogen) atoms. The molecule has 0 bridgehead atoms. The molecule has 1 N–H and O–H groups in total. The molecule has 0 aromatic carbocycles. The van der Waals surface area contributed by atoms with Gasteiger partial charge in [-0.1, -0.05) is 23.1 Å². The van der Waals surface area contributed by atoms with Crippen LogP contribution in [0.15, 0.2) is 4.34 Å². The van der Waals surface area contributed by atoms with Gasteiger partial charge in [0.2, 0.25) is 11.0 Å². The van der Waals surface area contributed by atoms with Gasteiger partial charge in [-0.3, -0.25) is 4.79 Å². The highest BCUT2D eigenvalue weighted by Crippen LogP contribution is 2.30. The summed E-state index contributed by atoms with van der Waals surface area (Å²) in [7, 11) is 0. The molecular weight excluding hydrogens is 308 g/mol. The molecule has 0 unspecified atom stereocenters. The summed E-state index contributed by atoms with van der Waals surface area (Å²) in [4.78, 5) is 14.1. The lowest BCUT2D eigenvalue weighted by molar-refractivity contribution is -0.140. The number of carbonyl (C=O) groups is 1. The first kappa shape index (κ1) is 15.1. The fourth-order valence-electron chi connectivity index (χ4n) is 2.33. The Morgan fingerprint density at radius 3 is 2.76 bits per heavy atom. The second-order valence-electron chi connectivity index (χ2n) is 5.64. The van der Waals surface area contributed by atoms with Crippen molar-refractivity contribution in [3.8, 4) is 0 Å². The average Bonchev–Trinajstić information content (AvgIpc) is 3.12. The molecule has 2 atom stereocenters. The number of nitrogens with one attached hydrogen (secondary N) is 1. The number of amides is 1. The van der Waals surface area contributed by atoms with Crippen LogP contribution in [0.25, 0.3) is 0 Å². The number of morpholine rings is 1. The van der Waals surface area contributed by atoms with Gasteiger partial charge >= 0.3 is 0 Å². The third-order valence-corrected chi connectivity index (χ3v) is 5.38. The van der Waals surface area contributed by atoms with Crippen LogP contribution in [-0.4, -0.2) is 58.1 Å². The largest absolute Gasteiger partial charge is 0.372 e. The maximum absolute atomic E-state index is 12.2. The zero-order chi connectivity index (χ0) is 14.8. The fourth-order valence-corrected chi connectivity index (χ4v) is 4.06. The van der Waals surface area contributed by atoms with Crippen LogP contribution in [0.5, 0.6) is 0 Å². The highest BCUT2D eigenvalue weighted by molar-refractivity contribution is 8.01. The van der Waals surface area contributed by atoms with Gasteiger partial charge in [0.05, 0.1) is 18.0 Å². The lowest BCUT2D eigenvalue weighted by Crippen LogP contribution is -2.48. The standard InChI is InChI=1S/C13H20N4O2S2/c1-8-5-17(6-9(2)19-8)11(18)7-20-13-16-15-12(21-13)14-10-3-4-10/h8-10H,3-7H2,1-2H3,(H,14,15)/t8-,9-/m1/s1. The summed E-state index contributed by atoms with van der Waals surface area (Å²) in [5.74, 6) is 0.561. The van der Waals surface area contributed by atoms with Crippen LogP contribution in [-0.2, 0) is 9.53 Å². The van der Waals surface area contributed by atoms with E-state index in [1.807, 2.05) is 18.7 Å². The van der Waals surface area contributed by atoms with Crippen LogP contribution >= 0.6 is 23.1 Å². The van der Waals surface area contributed by atoms with Gasteiger partial charge in [0.25, 0.3) is 0 Å². The Morgan fingerprint density at radius 2 is 2.10 bits per heavy atom. The molecule has 8 heteroatoms. The first-order chi connectivity index (χ1) is 10.1. The molecule has 1 aromatic rings. The van der Waals surface area contributed by atoms with Crippen molar-refractivity contribution in [2.75, 3.05) is 24.2 Å². The number of thioether (sulfide) groups is 1. The van der Waals surface area contributed by atoms with E-state index in [1.54, 1.807) is 0 Å². The van der Waals surface area contributed by atoms with Gasteiger partial charge in [-0.15, -0.1) is 10.2 Å². The number of hydrogen-bond donors (Lipinski definition) is 1. The SMILES string of the molecule is C[C@@H]1CN(C(=O)CSc2nnc(NC3CC3)s2)C[C@@H](C)O1. The molecule has 1 saturated carbocycles. The van der Waals surface area contributed by atoms with Crippen molar-refractivity contribution in [3.05, 3.63) is 0 Å². The number of nitrogens with zero attached hydrogens (tertiary/aromatic N) is 3. The summed E-state index contributed by atoms with van der Waals surface area (Å²) >= 11 is 2.99. The van der Waals surface area contributed by atoms with Gasteiger partial charge in [-0.25, -0.2) is 0 Å². The number of rotatable bonds is 5. The summed E-state index contributed by atoms with van der Waals surface area (Å²) in [6.45, 7) is 5.36. The minimum Gasteiger partial charge on any atom is -0.372 e. The molecule has 6 nitrogen and oxygen atoms in total. The van der Waals surface area contributed by atoms with E-state index in [1.165, 1.54) is 35.9 Å². The van der Waals surface area contributed by atoms with E-state index in [2.05, 4.69) is 15.5 Å². The van der Waals surface area contributed by atoms with Crippen molar-refractivity contribution < 1.29 is 9.53 Å². The van der Waals surface area contributed by atoms with Crippen molar-refractivity contribution >= 4 is 34.1 Å². The zero-order valence-corrected chi connectivity index (χ0v) is 13.9. The molecule has 0 spiro atoms. The molecule has 0 radical (unpaired) electrons. The van der Waals surface area contributed by atoms with E-state index >= 15 is 0 Å². The van der Waals surface area contributed by atoms with Crippen LogP contribution in [0.1, 0.15) is 26.7 Å². The predicted molar refractivity (Wildman–Crippen MR) is 83.9 cm³/mol. The van der Waals surface area contributed by atoms with Gasteiger partial charge in [0.1, 0.15) is 0 Å². The summed E-state index contributed by atoms with van der Waals surface area (Å²) < 4.78 is 6.49. The Kier molecular flexibility index (Phi) is 4.66. The Labute approximate surface area is 132 Å². The highest BCUT2D eigenvalue weighted by atomic mass is 32.2. The number of carbonyl (C=O) groups excluding carboxylic acids is 1. The summed E-state index contributed by atoms with van der Waals surface area (Å²) in [6.07, 6.45) is 2.65. The van der Waals surface area contributed by atoms with Crippen molar-refractivity contribution in [2.24, 2.45) is 0 Å². The molecule has 2 heterocycles. The number of hydrogen-bond acceptors (Lipinski definition) is 7. The predicted octanol–water partition coefficient (Wildman–Crippen LogP) is 1.84. The van der Waals surface area contributed by atoms with Crippen molar-refractivity contribution in [2.45, 2.75) is 49.3 Å². The van der Waals surface area contributed by atoms with Gasteiger partial charge in [0, 0.05) is 19.1 Å². The number of anilines is 1. The topological polar surface area (TPSA) is 67.4 Å². The second kappa shape index (κ2) is 6.50.